The molecule has 1 aliphatic heterocycles. The van der Waals surface area contributed by atoms with E-state index >= 15 is 0 Å². The largest absolute Gasteiger partial charge is 0.507 e. The van der Waals surface area contributed by atoms with Crippen LogP contribution in [-0.2, 0) is 0 Å². The second-order valence-electron chi connectivity index (χ2n) is 5.80. The topological polar surface area (TPSA) is 58.0 Å². The molecule has 4 nitrogen and oxygen atoms in total. The van der Waals surface area contributed by atoms with Crippen molar-refractivity contribution in [1.82, 2.24) is 15.3 Å². The maximum absolute atomic E-state index is 13.7. The zero-order valence-corrected chi connectivity index (χ0v) is 12.5. The van der Waals surface area contributed by atoms with Gasteiger partial charge in [0.25, 0.3) is 0 Å². The van der Waals surface area contributed by atoms with E-state index in [1.54, 1.807) is 24.3 Å². The van der Waals surface area contributed by atoms with Crippen molar-refractivity contribution >= 4 is 10.9 Å². The Morgan fingerprint density at radius 3 is 2.78 bits per heavy atom. The average Bonchev–Trinajstić information content (AvgIpc) is 3.09. The van der Waals surface area contributed by atoms with Crippen molar-refractivity contribution in [2.45, 2.75) is 12.3 Å². The standard InChI is InChI=1S/C18H16FN3O/c19-12-5-6-15-14(9-12)17(11-7-8-20-10-11)22-18(21-15)13-3-1-2-4-16(13)23/h1-6,9,11,20,23H,7-8,10H2. The molecule has 1 fully saturated rings. The molecule has 1 aromatic heterocycles. The summed E-state index contributed by atoms with van der Waals surface area (Å²) < 4.78 is 13.7. The van der Waals surface area contributed by atoms with Crippen molar-refractivity contribution < 1.29 is 9.50 Å². The van der Waals surface area contributed by atoms with Gasteiger partial charge in [-0.15, -0.1) is 0 Å². The maximum Gasteiger partial charge on any atom is 0.163 e. The van der Waals surface area contributed by atoms with Crippen LogP contribution in [0, 0.1) is 5.82 Å². The number of para-hydroxylation sites is 1. The molecular weight excluding hydrogens is 293 g/mol. The molecule has 1 saturated heterocycles. The number of nitrogens with one attached hydrogen (secondary N) is 1. The van der Waals surface area contributed by atoms with E-state index in [0.717, 1.165) is 30.6 Å². The molecule has 0 radical (unpaired) electrons. The highest BCUT2D eigenvalue weighted by molar-refractivity contribution is 5.84. The molecule has 1 atom stereocenters. The summed E-state index contributed by atoms with van der Waals surface area (Å²) in [6.45, 7) is 1.75. The number of fused-ring (bicyclic) bond motifs is 1. The summed E-state index contributed by atoms with van der Waals surface area (Å²) in [6.07, 6.45) is 0.961. The van der Waals surface area contributed by atoms with Crippen LogP contribution in [-0.4, -0.2) is 28.2 Å². The monoisotopic (exact) mass is 309 g/mol. The van der Waals surface area contributed by atoms with E-state index in [2.05, 4.69) is 15.3 Å². The van der Waals surface area contributed by atoms with Gasteiger partial charge in [0, 0.05) is 17.8 Å². The second-order valence-corrected chi connectivity index (χ2v) is 5.80. The molecule has 2 heterocycles. The van der Waals surface area contributed by atoms with Crippen molar-refractivity contribution in [2.75, 3.05) is 13.1 Å². The number of hydrogen-bond donors (Lipinski definition) is 2. The number of aromatic nitrogens is 2. The molecule has 0 bridgehead atoms. The predicted molar refractivity (Wildman–Crippen MR) is 86.8 cm³/mol. The van der Waals surface area contributed by atoms with E-state index < -0.39 is 0 Å². The molecule has 116 valence electrons. The highest BCUT2D eigenvalue weighted by Crippen LogP contribution is 2.32. The van der Waals surface area contributed by atoms with Gasteiger partial charge in [0.05, 0.1) is 16.8 Å². The number of phenolic OH excluding ortho intramolecular Hbond substituents is 1. The summed E-state index contributed by atoms with van der Waals surface area (Å²) in [5, 5.41) is 14.1. The molecule has 4 rings (SSSR count). The van der Waals surface area contributed by atoms with Gasteiger partial charge in [0.1, 0.15) is 11.6 Å². The van der Waals surface area contributed by atoms with Gasteiger partial charge in [-0.05, 0) is 43.3 Å². The Kier molecular flexibility index (Phi) is 3.42. The third kappa shape index (κ3) is 2.53. The summed E-state index contributed by atoms with van der Waals surface area (Å²) in [4.78, 5) is 9.20. The molecule has 1 unspecified atom stereocenters. The molecule has 0 aliphatic carbocycles. The first kappa shape index (κ1) is 14.1. The number of aromatic hydroxyl groups is 1. The lowest BCUT2D eigenvalue weighted by Crippen LogP contribution is -2.10. The number of phenols is 1. The van der Waals surface area contributed by atoms with Crippen molar-refractivity contribution in [1.29, 1.82) is 0 Å². The van der Waals surface area contributed by atoms with E-state index in [1.807, 2.05) is 6.07 Å². The number of rotatable bonds is 2. The average molecular weight is 309 g/mol. The van der Waals surface area contributed by atoms with Gasteiger partial charge in [-0.2, -0.15) is 0 Å². The molecule has 3 aromatic rings. The van der Waals surface area contributed by atoms with E-state index in [9.17, 15) is 9.50 Å². The molecule has 0 spiro atoms. The van der Waals surface area contributed by atoms with Crippen LogP contribution in [0.4, 0.5) is 4.39 Å². The molecule has 5 heteroatoms. The van der Waals surface area contributed by atoms with Gasteiger partial charge in [-0.3, -0.25) is 0 Å². The lowest BCUT2D eigenvalue weighted by Gasteiger charge is -2.14. The van der Waals surface area contributed by atoms with E-state index in [1.165, 1.54) is 12.1 Å². The SMILES string of the molecule is Oc1ccccc1-c1nc(C2CCNC2)c2cc(F)ccc2n1. The summed E-state index contributed by atoms with van der Waals surface area (Å²) >= 11 is 0. The van der Waals surface area contributed by atoms with Crippen LogP contribution in [0.25, 0.3) is 22.3 Å². The Labute approximate surface area is 133 Å². The number of benzene rings is 2. The number of hydrogen-bond acceptors (Lipinski definition) is 4. The van der Waals surface area contributed by atoms with Crippen LogP contribution < -0.4 is 5.32 Å². The van der Waals surface area contributed by atoms with E-state index in [0.29, 0.717) is 16.9 Å². The highest BCUT2D eigenvalue weighted by Gasteiger charge is 2.22. The molecule has 23 heavy (non-hydrogen) atoms. The first-order valence-corrected chi connectivity index (χ1v) is 7.68. The second kappa shape index (κ2) is 5.59. The summed E-state index contributed by atoms with van der Waals surface area (Å²) in [5.41, 5.74) is 2.13. The van der Waals surface area contributed by atoms with Crippen LogP contribution >= 0.6 is 0 Å². The molecular formula is C18H16FN3O. The Morgan fingerprint density at radius 2 is 2.00 bits per heavy atom. The fourth-order valence-corrected chi connectivity index (χ4v) is 3.11. The Morgan fingerprint density at radius 1 is 1.13 bits per heavy atom. The summed E-state index contributed by atoms with van der Waals surface area (Å²) in [6, 6.07) is 11.6. The predicted octanol–water partition coefficient (Wildman–Crippen LogP) is 3.22. The van der Waals surface area contributed by atoms with Gasteiger partial charge in [0.2, 0.25) is 0 Å². The van der Waals surface area contributed by atoms with Crippen molar-refractivity contribution in [2.24, 2.45) is 0 Å². The minimum absolute atomic E-state index is 0.143. The third-order valence-electron chi connectivity index (χ3n) is 4.28. The van der Waals surface area contributed by atoms with Crippen LogP contribution in [0.2, 0.25) is 0 Å². The molecule has 0 saturated carbocycles. The zero-order valence-electron chi connectivity index (χ0n) is 12.5. The van der Waals surface area contributed by atoms with Gasteiger partial charge in [0.15, 0.2) is 5.82 Å². The lowest BCUT2D eigenvalue weighted by atomic mass is 9.99. The molecule has 2 N–H and O–H groups in total. The van der Waals surface area contributed by atoms with Crippen LogP contribution in [0.3, 0.4) is 0 Å². The lowest BCUT2D eigenvalue weighted by molar-refractivity contribution is 0.477. The Balaban J connectivity index is 1.96. The van der Waals surface area contributed by atoms with Crippen molar-refractivity contribution in [3.05, 3.63) is 54.0 Å². The summed E-state index contributed by atoms with van der Waals surface area (Å²) in [7, 11) is 0. The smallest absolute Gasteiger partial charge is 0.163 e. The van der Waals surface area contributed by atoms with Gasteiger partial charge >= 0.3 is 0 Å². The number of halogens is 1. The minimum Gasteiger partial charge on any atom is -0.507 e. The van der Waals surface area contributed by atoms with Gasteiger partial charge in [-0.1, -0.05) is 12.1 Å². The van der Waals surface area contributed by atoms with E-state index in [-0.39, 0.29) is 17.5 Å². The minimum atomic E-state index is -0.288. The third-order valence-corrected chi connectivity index (χ3v) is 4.28. The van der Waals surface area contributed by atoms with Gasteiger partial charge < -0.3 is 10.4 Å². The Bertz CT molecular complexity index is 875. The van der Waals surface area contributed by atoms with Crippen LogP contribution in [0.15, 0.2) is 42.5 Å². The normalized spacial score (nSPS) is 17.7. The van der Waals surface area contributed by atoms with Crippen molar-refractivity contribution in [3.8, 4) is 17.1 Å². The fourth-order valence-electron chi connectivity index (χ4n) is 3.11. The highest BCUT2D eigenvalue weighted by atomic mass is 19.1. The van der Waals surface area contributed by atoms with E-state index in [4.69, 9.17) is 0 Å². The van der Waals surface area contributed by atoms with Gasteiger partial charge in [-0.25, -0.2) is 14.4 Å². The van der Waals surface area contributed by atoms with Crippen LogP contribution in [0.1, 0.15) is 18.0 Å². The first-order chi connectivity index (χ1) is 11.2. The maximum atomic E-state index is 13.7. The molecule has 0 amide bonds. The number of nitrogens with zero attached hydrogens (tertiary/aromatic N) is 2. The van der Waals surface area contributed by atoms with Crippen molar-refractivity contribution in [3.63, 3.8) is 0 Å². The quantitative estimate of drug-likeness (QED) is 0.763. The fraction of sp³-hybridized carbons (Fsp3) is 0.222. The zero-order chi connectivity index (χ0) is 15.8. The molecule has 1 aliphatic rings. The Hall–Kier alpha value is -2.53. The first-order valence-electron chi connectivity index (χ1n) is 7.68. The van der Waals surface area contributed by atoms with Crippen LogP contribution in [0.5, 0.6) is 5.75 Å². The summed E-state index contributed by atoms with van der Waals surface area (Å²) in [5.74, 6) is 0.559. The molecule has 2 aromatic carbocycles.